The minimum Gasteiger partial charge on any atom is -0.392 e. The predicted octanol–water partition coefficient (Wildman–Crippen LogP) is 8.65. The molecule has 0 aromatic carbocycles. The van der Waals surface area contributed by atoms with Gasteiger partial charge in [0.15, 0.2) is 0 Å². The SMILES string of the molecule is CC(C)=CCC/C(C)=C/CCC(C)=CCO.CC(C)=CCCC(C)/C=C/C/C(C)=C/CO. The zero-order valence-corrected chi connectivity index (χ0v) is 22.4. The maximum absolute atomic E-state index is 8.72. The van der Waals surface area contributed by atoms with Crippen molar-refractivity contribution in [3.05, 3.63) is 70.4 Å². The molecule has 1 atom stereocenters. The van der Waals surface area contributed by atoms with Gasteiger partial charge in [-0.1, -0.05) is 77.3 Å². The van der Waals surface area contributed by atoms with E-state index in [9.17, 15) is 0 Å². The Bertz CT molecular complexity index is 634. The average Bonchev–Trinajstić information content (AvgIpc) is 2.68. The summed E-state index contributed by atoms with van der Waals surface area (Å²) in [6, 6.07) is 0. The first-order valence-electron chi connectivity index (χ1n) is 12.2. The second-order valence-electron chi connectivity index (χ2n) is 9.34. The summed E-state index contributed by atoms with van der Waals surface area (Å²) in [5.74, 6) is 0.637. The van der Waals surface area contributed by atoms with Crippen LogP contribution in [0.4, 0.5) is 0 Å². The van der Waals surface area contributed by atoms with E-state index >= 15 is 0 Å². The first-order valence-corrected chi connectivity index (χ1v) is 12.2. The molecule has 2 nitrogen and oxygen atoms in total. The van der Waals surface area contributed by atoms with Crippen LogP contribution in [-0.2, 0) is 0 Å². The predicted molar refractivity (Wildman–Crippen MR) is 145 cm³/mol. The minimum absolute atomic E-state index is 0.149. The zero-order chi connectivity index (χ0) is 24.8. The van der Waals surface area contributed by atoms with Crippen LogP contribution in [-0.4, -0.2) is 23.4 Å². The van der Waals surface area contributed by atoms with E-state index < -0.39 is 0 Å². The lowest BCUT2D eigenvalue weighted by Crippen LogP contribution is -1.88. The molecular formula is C30H52O2. The van der Waals surface area contributed by atoms with Crippen molar-refractivity contribution in [2.75, 3.05) is 13.2 Å². The lowest BCUT2D eigenvalue weighted by atomic mass is 10.0. The molecule has 0 bridgehead atoms. The Morgan fingerprint density at radius 1 is 0.625 bits per heavy atom. The van der Waals surface area contributed by atoms with Crippen LogP contribution in [0.25, 0.3) is 0 Å². The summed E-state index contributed by atoms with van der Waals surface area (Å²) in [4.78, 5) is 0. The third kappa shape index (κ3) is 26.4. The minimum atomic E-state index is 0.149. The third-order valence-corrected chi connectivity index (χ3v) is 5.08. The number of aliphatic hydroxyl groups excluding tert-OH is 2. The molecule has 0 aliphatic heterocycles. The molecule has 0 amide bonds. The van der Waals surface area contributed by atoms with E-state index in [-0.39, 0.29) is 13.2 Å². The van der Waals surface area contributed by atoms with Crippen LogP contribution < -0.4 is 0 Å². The summed E-state index contributed by atoms with van der Waals surface area (Å²) >= 11 is 0. The molecule has 0 fully saturated rings. The highest BCUT2D eigenvalue weighted by molar-refractivity contribution is 5.06. The van der Waals surface area contributed by atoms with Gasteiger partial charge in [-0.05, 0) is 99.3 Å². The van der Waals surface area contributed by atoms with Gasteiger partial charge in [0.05, 0.1) is 13.2 Å². The quantitative estimate of drug-likeness (QED) is 0.263. The topological polar surface area (TPSA) is 40.5 Å². The lowest BCUT2D eigenvalue weighted by molar-refractivity contribution is 0.341. The second-order valence-corrected chi connectivity index (χ2v) is 9.34. The van der Waals surface area contributed by atoms with E-state index in [1.54, 1.807) is 0 Å². The van der Waals surface area contributed by atoms with Crippen LogP contribution in [0.15, 0.2) is 70.4 Å². The highest BCUT2D eigenvalue weighted by atomic mass is 16.3. The molecule has 0 saturated carbocycles. The van der Waals surface area contributed by atoms with Crippen molar-refractivity contribution in [2.24, 2.45) is 5.92 Å². The van der Waals surface area contributed by atoms with E-state index in [2.05, 4.69) is 85.8 Å². The van der Waals surface area contributed by atoms with Gasteiger partial charge in [-0.15, -0.1) is 0 Å². The number of hydrogen-bond donors (Lipinski definition) is 2. The molecule has 0 aromatic rings. The summed E-state index contributed by atoms with van der Waals surface area (Å²) < 4.78 is 0. The molecule has 0 rings (SSSR count). The molecule has 184 valence electrons. The Hall–Kier alpha value is -1.64. The zero-order valence-electron chi connectivity index (χ0n) is 22.4. The smallest absolute Gasteiger partial charge is 0.0615 e. The molecule has 32 heavy (non-hydrogen) atoms. The van der Waals surface area contributed by atoms with Gasteiger partial charge in [0.1, 0.15) is 0 Å². The molecule has 0 aliphatic rings. The van der Waals surface area contributed by atoms with Crippen molar-refractivity contribution in [3.63, 3.8) is 0 Å². The summed E-state index contributed by atoms with van der Waals surface area (Å²) in [6.07, 6.45) is 22.9. The summed E-state index contributed by atoms with van der Waals surface area (Å²) in [5, 5.41) is 17.4. The molecule has 0 heterocycles. The van der Waals surface area contributed by atoms with Crippen molar-refractivity contribution in [3.8, 4) is 0 Å². The van der Waals surface area contributed by atoms with Crippen LogP contribution in [0, 0.1) is 5.92 Å². The molecule has 2 N–H and O–H groups in total. The van der Waals surface area contributed by atoms with Crippen LogP contribution in [0.3, 0.4) is 0 Å². The van der Waals surface area contributed by atoms with Crippen molar-refractivity contribution in [1.82, 2.24) is 0 Å². The fraction of sp³-hybridized carbons (Fsp3) is 0.600. The summed E-state index contributed by atoms with van der Waals surface area (Å²) in [7, 11) is 0. The van der Waals surface area contributed by atoms with Gasteiger partial charge in [0.25, 0.3) is 0 Å². The van der Waals surface area contributed by atoms with Crippen LogP contribution in [0.1, 0.15) is 100 Å². The molecule has 0 aliphatic carbocycles. The molecular weight excluding hydrogens is 392 g/mol. The normalized spacial score (nSPS) is 13.5. The van der Waals surface area contributed by atoms with E-state index in [0.29, 0.717) is 5.92 Å². The van der Waals surface area contributed by atoms with Crippen LogP contribution >= 0.6 is 0 Å². The van der Waals surface area contributed by atoms with Gasteiger partial charge in [-0.3, -0.25) is 0 Å². The average molecular weight is 445 g/mol. The molecule has 0 radical (unpaired) electrons. The van der Waals surface area contributed by atoms with Crippen molar-refractivity contribution >= 4 is 0 Å². The van der Waals surface area contributed by atoms with E-state index in [1.165, 1.54) is 40.7 Å². The Labute approximate surface area is 200 Å². The fourth-order valence-corrected chi connectivity index (χ4v) is 2.95. The van der Waals surface area contributed by atoms with E-state index in [4.69, 9.17) is 10.2 Å². The van der Waals surface area contributed by atoms with Gasteiger partial charge in [-0.25, -0.2) is 0 Å². The first kappa shape index (κ1) is 32.5. The van der Waals surface area contributed by atoms with Crippen LogP contribution in [0.5, 0.6) is 0 Å². The van der Waals surface area contributed by atoms with E-state index in [1.807, 2.05) is 12.2 Å². The summed E-state index contributed by atoms with van der Waals surface area (Å²) in [5.41, 5.74) is 6.77. The Morgan fingerprint density at radius 2 is 1.09 bits per heavy atom. The Balaban J connectivity index is 0. The standard InChI is InChI=1S/2C15H26O/c2*1-13(2)7-5-8-14(3)9-6-10-15(4)11-12-16/h7,9,11,16H,5-6,8,10,12H2,1-4H3;6-7,9,11,14,16H,5,8,10,12H2,1-4H3/b14-9+,15-11?;9-6+,15-11+. The molecule has 1 unspecified atom stereocenters. The molecule has 0 spiro atoms. The van der Waals surface area contributed by atoms with Gasteiger partial charge in [0, 0.05) is 0 Å². The number of aliphatic hydroxyl groups is 2. The second kappa shape index (κ2) is 22.6. The largest absolute Gasteiger partial charge is 0.392 e. The Kier molecular flexibility index (Phi) is 22.9. The van der Waals surface area contributed by atoms with Crippen molar-refractivity contribution < 1.29 is 10.2 Å². The number of hydrogen-bond acceptors (Lipinski definition) is 2. The first-order chi connectivity index (χ1) is 15.1. The summed E-state index contributed by atoms with van der Waals surface area (Å²) in [6.45, 7) is 17.4. The van der Waals surface area contributed by atoms with Gasteiger partial charge < -0.3 is 10.2 Å². The highest BCUT2D eigenvalue weighted by Crippen LogP contribution is 2.12. The van der Waals surface area contributed by atoms with Gasteiger partial charge >= 0.3 is 0 Å². The van der Waals surface area contributed by atoms with Crippen molar-refractivity contribution in [1.29, 1.82) is 0 Å². The lowest BCUT2D eigenvalue weighted by Gasteiger charge is -2.03. The fourth-order valence-electron chi connectivity index (χ4n) is 2.95. The molecule has 2 heteroatoms. The Morgan fingerprint density at radius 3 is 1.62 bits per heavy atom. The number of allylic oxidation sites excluding steroid dienone is 10. The number of rotatable bonds is 14. The van der Waals surface area contributed by atoms with Gasteiger partial charge in [-0.2, -0.15) is 0 Å². The molecule has 0 saturated heterocycles. The third-order valence-electron chi connectivity index (χ3n) is 5.08. The molecule has 0 aromatic heterocycles. The highest BCUT2D eigenvalue weighted by Gasteiger charge is 1.95. The van der Waals surface area contributed by atoms with Crippen LogP contribution in [0.2, 0.25) is 0 Å². The maximum atomic E-state index is 8.72. The van der Waals surface area contributed by atoms with Crippen molar-refractivity contribution in [2.45, 2.75) is 100 Å². The van der Waals surface area contributed by atoms with E-state index in [0.717, 1.165) is 32.1 Å². The van der Waals surface area contributed by atoms with Gasteiger partial charge in [0.2, 0.25) is 0 Å². The monoisotopic (exact) mass is 444 g/mol. The maximum Gasteiger partial charge on any atom is 0.0615 e.